The summed E-state index contributed by atoms with van der Waals surface area (Å²) in [5.74, 6) is 0. The molecule has 1 aliphatic heterocycles. The van der Waals surface area contributed by atoms with Crippen molar-refractivity contribution in [2.24, 2.45) is 0 Å². The van der Waals surface area contributed by atoms with Gasteiger partial charge in [0.2, 0.25) is 0 Å². The minimum absolute atomic E-state index is 0.474. The van der Waals surface area contributed by atoms with Gasteiger partial charge in [0.25, 0.3) is 0 Å². The van der Waals surface area contributed by atoms with E-state index in [1.165, 1.54) is 24.9 Å². The highest BCUT2D eigenvalue weighted by molar-refractivity contribution is 5.42. The fourth-order valence-electron chi connectivity index (χ4n) is 2.55. The van der Waals surface area contributed by atoms with Crippen LogP contribution in [0.3, 0.4) is 0 Å². The second-order valence-electron chi connectivity index (χ2n) is 5.17. The number of nitrogens with zero attached hydrogens (tertiary/aromatic N) is 1. The van der Waals surface area contributed by atoms with Gasteiger partial charge in [0.05, 0.1) is 6.10 Å². The molecule has 0 amide bonds. The van der Waals surface area contributed by atoms with Crippen molar-refractivity contribution in [2.45, 2.75) is 32.3 Å². The monoisotopic (exact) mass is 262 g/mol. The van der Waals surface area contributed by atoms with Gasteiger partial charge in [-0.3, -0.25) is 0 Å². The van der Waals surface area contributed by atoms with Crippen LogP contribution in [0.15, 0.2) is 30.3 Å². The molecule has 3 nitrogen and oxygen atoms in total. The zero-order valence-electron chi connectivity index (χ0n) is 12.0. The molecule has 1 heterocycles. The van der Waals surface area contributed by atoms with Crippen molar-refractivity contribution in [1.82, 2.24) is 4.90 Å². The summed E-state index contributed by atoms with van der Waals surface area (Å²) in [4.78, 5) is 2.50. The first kappa shape index (κ1) is 14.4. The van der Waals surface area contributed by atoms with Crippen molar-refractivity contribution in [2.75, 3.05) is 38.1 Å². The van der Waals surface area contributed by atoms with Crippen molar-refractivity contribution >= 4 is 5.69 Å². The van der Waals surface area contributed by atoms with Crippen molar-refractivity contribution in [3.05, 3.63) is 30.3 Å². The number of para-hydroxylation sites is 1. The lowest BCUT2D eigenvalue weighted by atomic mass is 10.2. The molecule has 0 radical (unpaired) electrons. The van der Waals surface area contributed by atoms with E-state index in [1.54, 1.807) is 0 Å². The molecule has 0 spiro atoms. The highest BCUT2D eigenvalue weighted by atomic mass is 16.5. The molecule has 0 bridgehead atoms. The van der Waals surface area contributed by atoms with E-state index in [9.17, 15) is 0 Å². The van der Waals surface area contributed by atoms with E-state index in [0.29, 0.717) is 6.10 Å². The number of ether oxygens (including phenoxy) is 1. The maximum Gasteiger partial charge on any atom is 0.0702 e. The Morgan fingerprint density at radius 3 is 2.84 bits per heavy atom. The standard InChI is InChI=1S/C16H26N2O/c1-2-18(14-16-10-6-13-19-16)12-7-11-17-15-8-4-3-5-9-15/h3-5,8-9,16-17H,2,6-7,10-14H2,1H3. The Kier molecular flexibility index (Phi) is 6.18. The first-order valence-electron chi connectivity index (χ1n) is 7.51. The summed E-state index contributed by atoms with van der Waals surface area (Å²) in [6.45, 7) is 7.59. The van der Waals surface area contributed by atoms with Crippen LogP contribution >= 0.6 is 0 Å². The number of anilines is 1. The molecule has 1 fully saturated rings. The first-order chi connectivity index (χ1) is 9.38. The summed E-state index contributed by atoms with van der Waals surface area (Å²) < 4.78 is 5.70. The Bertz CT molecular complexity index is 336. The highest BCUT2D eigenvalue weighted by Crippen LogP contribution is 2.13. The van der Waals surface area contributed by atoms with Crippen LogP contribution in [0, 0.1) is 0 Å². The number of nitrogens with one attached hydrogen (secondary N) is 1. The second kappa shape index (κ2) is 8.18. The molecule has 2 rings (SSSR count). The minimum atomic E-state index is 0.474. The summed E-state index contributed by atoms with van der Waals surface area (Å²) >= 11 is 0. The average molecular weight is 262 g/mol. The molecule has 1 N–H and O–H groups in total. The lowest BCUT2D eigenvalue weighted by Gasteiger charge is -2.23. The zero-order valence-corrected chi connectivity index (χ0v) is 12.0. The summed E-state index contributed by atoms with van der Waals surface area (Å²) in [5.41, 5.74) is 1.21. The number of hydrogen-bond donors (Lipinski definition) is 1. The molecule has 19 heavy (non-hydrogen) atoms. The second-order valence-corrected chi connectivity index (χ2v) is 5.17. The fourth-order valence-corrected chi connectivity index (χ4v) is 2.55. The van der Waals surface area contributed by atoms with Crippen LogP contribution in [0.25, 0.3) is 0 Å². The molecule has 0 aliphatic carbocycles. The molecule has 3 heteroatoms. The van der Waals surface area contributed by atoms with E-state index < -0.39 is 0 Å². The van der Waals surface area contributed by atoms with Crippen LogP contribution < -0.4 is 5.32 Å². The van der Waals surface area contributed by atoms with Crippen molar-refractivity contribution in [1.29, 1.82) is 0 Å². The molecule has 1 unspecified atom stereocenters. The van der Waals surface area contributed by atoms with Gasteiger partial charge < -0.3 is 15.0 Å². The van der Waals surface area contributed by atoms with E-state index in [2.05, 4.69) is 41.4 Å². The lowest BCUT2D eigenvalue weighted by molar-refractivity contribution is 0.0748. The quantitative estimate of drug-likeness (QED) is 0.729. The zero-order chi connectivity index (χ0) is 13.3. The number of hydrogen-bond acceptors (Lipinski definition) is 3. The van der Waals surface area contributed by atoms with E-state index in [4.69, 9.17) is 4.74 Å². The van der Waals surface area contributed by atoms with Crippen LogP contribution in [0.2, 0.25) is 0 Å². The van der Waals surface area contributed by atoms with Gasteiger partial charge in [-0.1, -0.05) is 25.1 Å². The molecule has 106 valence electrons. The summed E-state index contributed by atoms with van der Waals surface area (Å²) in [6, 6.07) is 10.4. The number of likely N-dealkylation sites (N-methyl/N-ethyl adjacent to an activating group) is 1. The van der Waals surface area contributed by atoms with Gasteiger partial charge in [-0.05, 0) is 44.5 Å². The summed E-state index contributed by atoms with van der Waals surface area (Å²) in [6.07, 6.45) is 4.12. The summed E-state index contributed by atoms with van der Waals surface area (Å²) in [5, 5.41) is 3.46. The SMILES string of the molecule is CCN(CCCNc1ccccc1)CC1CCCO1. The normalized spacial score (nSPS) is 18.9. The first-order valence-corrected chi connectivity index (χ1v) is 7.51. The average Bonchev–Trinajstić information content (AvgIpc) is 2.96. The van der Waals surface area contributed by atoms with Crippen molar-refractivity contribution in [3.8, 4) is 0 Å². The molecular weight excluding hydrogens is 236 g/mol. The topological polar surface area (TPSA) is 24.5 Å². The van der Waals surface area contributed by atoms with Gasteiger partial charge in [0.15, 0.2) is 0 Å². The van der Waals surface area contributed by atoms with Gasteiger partial charge in [-0.15, -0.1) is 0 Å². The minimum Gasteiger partial charge on any atom is -0.385 e. The largest absolute Gasteiger partial charge is 0.385 e. The third kappa shape index (κ3) is 5.21. The van der Waals surface area contributed by atoms with Gasteiger partial charge in [-0.2, -0.15) is 0 Å². The van der Waals surface area contributed by atoms with Crippen molar-refractivity contribution < 1.29 is 4.74 Å². The van der Waals surface area contributed by atoms with E-state index >= 15 is 0 Å². The van der Waals surface area contributed by atoms with Crippen molar-refractivity contribution in [3.63, 3.8) is 0 Å². The highest BCUT2D eigenvalue weighted by Gasteiger charge is 2.17. The van der Waals surface area contributed by atoms with Gasteiger partial charge >= 0.3 is 0 Å². The predicted octanol–water partition coefficient (Wildman–Crippen LogP) is 2.99. The smallest absolute Gasteiger partial charge is 0.0702 e. The van der Waals surface area contributed by atoms with Crippen LogP contribution in [0.1, 0.15) is 26.2 Å². The Labute approximate surface area is 116 Å². The van der Waals surface area contributed by atoms with Gasteiger partial charge in [0.1, 0.15) is 0 Å². The molecule has 1 aromatic carbocycles. The Hall–Kier alpha value is -1.06. The molecule has 0 saturated carbocycles. The van der Waals surface area contributed by atoms with Gasteiger partial charge in [-0.25, -0.2) is 0 Å². The van der Waals surface area contributed by atoms with Crippen LogP contribution in [-0.2, 0) is 4.74 Å². The maximum atomic E-state index is 5.70. The maximum absolute atomic E-state index is 5.70. The number of rotatable bonds is 8. The lowest BCUT2D eigenvalue weighted by Crippen LogP contribution is -2.33. The predicted molar refractivity (Wildman–Crippen MR) is 80.6 cm³/mol. The molecular formula is C16H26N2O. The summed E-state index contributed by atoms with van der Waals surface area (Å²) in [7, 11) is 0. The molecule has 1 saturated heterocycles. The molecule has 1 aliphatic rings. The fraction of sp³-hybridized carbons (Fsp3) is 0.625. The Morgan fingerprint density at radius 2 is 2.16 bits per heavy atom. The molecule has 1 atom stereocenters. The van der Waals surface area contributed by atoms with Crippen LogP contribution in [0.5, 0.6) is 0 Å². The van der Waals surface area contributed by atoms with Gasteiger partial charge in [0, 0.05) is 25.4 Å². The van der Waals surface area contributed by atoms with E-state index in [0.717, 1.165) is 32.8 Å². The molecule has 0 aromatic heterocycles. The third-order valence-electron chi connectivity index (χ3n) is 3.69. The van der Waals surface area contributed by atoms with Crippen LogP contribution in [0.4, 0.5) is 5.69 Å². The molecule has 1 aromatic rings. The Morgan fingerprint density at radius 1 is 1.32 bits per heavy atom. The Balaban J connectivity index is 1.60. The van der Waals surface area contributed by atoms with E-state index in [-0.39, 0.29) is 0 Å². The third-order valence-corrected chi connectivity index (χ3v) is 3.69. The number of benzene rings is 1. The van der Waals surface area contributed by atoms with Crippen LogP contribution in [-0.4, -0.2) is 43.8 Å². The van der Waals surface area contributed by atoms with E-state index in [1.807, 2.05) is 6.07 Å².